The first-order valence-electron chi connectivity index (χ1n) is 4.90. The van der Waals surface area contributed by atoms with Crippen LogP contribution in [-0.2, 0) is 11.2 Å². The maximum atomic E-state index is 6.02. The smallest absolute Gasteiger partial charge is 0.0620 e. The normalized spacial score (nSPS) is 12.8. The molecule has 15 heavy (non-hydrogen) atoms. The minimum atomic E-state index is -0.0408. The van der Waals surface area contributed by atoms with Crippen LogP contribution in [-0.4, -0.2) is 19.3 Å². The Morgan fingerprint density at radius 2 is 2.13 bits per heavy atom. The molecule has 0 saturated heterocycles. The van der Waals surface area contributed by atoms with Crippen LogP contribution < -0.4 is 5.73 Å². The molecule has 1 unspecified atom stereocenters. The lowest BCUT2D eigenvalue weighted by molar-refractivity contribution is 0.133. The Kier molecular flexibility index (Phi) is 5.40. The average Bonchev–Trinajstić information content (AvgIpc) is 2.20. The lowest BCUT2D eigenvalue weighted by Crippen LogP contribution is -2.28. The Morgan fingerprint density at radius 1 is 1.40 bits per heavy atom. The lowest BCUT2D eigenvalue weighted by Gasteiger charge is -2.12. The minimum Gasteiger partial charge on any atom is -0.380 e. The number of hydrogen-bond donors (Lipinski definition) is 1. The molecule has 1 aromatic carbocycles. The van der Waals surface area contributed by atoms with Crippen molar-refractivity contribution in [3.63, 3.8) is 0 Å². The number of benzene rings is 1. The van der Waals surface area contributed by atoms with E-state index in [4.69, 9.17) is 33.7 Å². The first-order chi connectivity index (χ1) is 7.13. The molecule has 1 atom stereocenters. The lowest BCUT2D eigenvalue weighted by atomic mass is 10.1. The molecule has 0 fully saturated rings. The second-order valence-electron chi connectivity index (χ2n) is 3.36. The quantitative estimate of drug-likeness (QED) is 0.869. The monoisotopic (exact) mass is 247 g/mol. The molecule has 1 aromatic rings. The molecule has 4 heteroatoms. The van der Waals surface area contributed by atoms with Gasteiger partial charge < -0.3 is 10.5 Å². The van der Waals surface area contributed by atoms with Crippen LogP contribution in [0.2, 0.25) is 10.0 Å². The summed E-state index contributed by atoms with van der Waals surface area (Å²) >= 11 is 11.9. The van der Waals surface area contributed by atoms with Crippen LogP contribution in [0.25, 0.3) is 0 Å². The second kappa shape index (κ2) is 6.33. The zero-order chi connectivity index (χ0) is 11.3. The van der Waals surface area contributed by atoms with Crippen molar-refractivity contribution in [1.29, 1.82) is 0 Å². The van der Waals surface area contributed by atoms with Gasteiger partial charge in [-0.2, -0.15) is 0 Å². The second-order valence-corrected chi connectivity index (χ2v) is 4.20. The summed E-state index contributed by atoms with van der Waals surface area (Å²) < 4.78 is 5.24. The summed E-state index contributed by atoms with van der Waals surface area (Å²) in [6, 6.07) is 5.35. The van der Waals surface area contributed by atoms with Crippen LogP contribution in [0.15, 0.2) is 18.2 Å². The molecule has 2 nitrogen and oxygen atoms in total. The van der Waals surface area contributed by atoms with Gasteiger partial charge in [0, 0.05) is 22.7 Å². The molecule has 2 N–H and O–H groups in total. The zero-order valence-corrected chi connectivity index (χ0v) is 10.2. The van der Waals surface area contributed by atoms with Crippen molar-refractivity contribution >= 4 is 23.2 Å². The molecule has 0 aliphatic rings. The Balaban J connectivity index is 2.59. The summed E-state index contributed by atoms with van der Waals surface area (Å²) in [7, 11) is 0. The van der Waals surface area contributed by atoms with E-state index in [-0.39, 0.29) is 6.04 Å². The number of nitrogens with two attached hydrogens (primary N) is 1. The van der Waals surface area contributed by atoms with E-state index in [0.717, 1.165) is 5.56 Å². The van der Waals surface area contributed by atoms with Crippen molar-refractivity contribution < 1.29 is 4.74 Å². The molecule has 1 rings (SSSR count). The van der Waals surface area contributed by atoms with Crippen molar-refractivity contribution in [3.8, 4) is 0 Å². The van der Waals surface area contributed by atoms with Crippen molar-refractivity contribution in [2.45, 2.75) is 19.4 Å². The summed E-state index contributed by atoms with van der Waals surface area (Å²) in [5.74, 6) is 0. The molecule has 0 aliphatic heterocycles. The molecule has 0 bridgehead atoms. The Bertz CT molecular complexity index is 317. The van der Waals surface area contributed by atoms with Gasteiger partial charge in [-0.15, -0.1) is 0 Å². The maximum Gasteiger partial charge on any atom is 0.0620 e. The molecule has 84 valence electrons. The topological polar surface area (TPSA) is 35.2 Å². The third kappa shape index (κ3) is 4.39. The van der Waals surface area contributed by atoms with Gasteiger partial charge in [0.25, 0.3) is 0 Å². The highest BCUT2D eigenvalue weighted by Crippen LogP contribution is 2.21. The fraction of sp³-hybridized carbons (Fsp3) is 0.455. The molecule has 0 aliphatic carbocycles. The largest absolute Gasteiger partial charge is 0.380 e. The van der Waals surface area contributed by atoms with E-state index < -0.39 is 0 Å². The van der Waals surface area contributed by atoms with Gasteiger partial charge in [0.05, 0.1) is 6.61 Å². The van der Waals surface area contributed by atoms with E-state index in [0.29, 0.717) is 29.7 Å². The first kappa shape index (κ1) is 12.8. The van der Waals surface area contributed by atoms with Crippen LogP contribution in [0.1, 0.15) is 12.5 Å². The third-order valence-corrected chi connectivity index (χ3v) is 2.63. The fourth-order valence-electron chi connectivity index (χ4n) is 1.31. The van der Waals surface area contributed by atoms with E-state index >= 15 is 0 Å². The van der Waals surface area contributed by atoms with E-state index in [1.807, 2.05) is 13.0 Å². The van der Waals surface area contributed by atoms with Gasteiger partial charge in [0.2, 0.25) is 0 Å². The Hall–Kier alpha value is -0.280. The highest BCUT2D eigenvalue weighted by atomic mass is 35.5. The SMILES string of the molecule is CCOCC(N)Cc1cc(Cl)ccc1Cl. The number of rotatable bonds is 5. The molecular formula is C11H15Cl2NO. The van der Waals surface area contributed by atoms with Crippen LogP contribution in [0, 0.1) is 0 Å². The number of hydrogen-bond acceptors (Lipinski definition) is 2. The van der Waals surface area contributed by atoms with E-state index in [9.17, 15) is 0 Å². The third-order valence-electron chi connectivity index (χ3n) is 2.03. The number of halogens is 2. The number of ether oxygens (including phenoxy) is 1. The molecule has 0 spiro atoms. The van der Waals surface area contributed by atoms with Gasteiger partial charge in [0.1, 0.15) is 0 Å². The van der Waals surface area contributed by atoms with Crippen molar-refractivity contribution in [1.82, 2.24) is 0 Å². The maximum absolute atomic E-state index is 6.02. The summed E-state index contributed by atoms with van der Waals surface area (Å²) in [5.41, 5.74) is 6.85. The Labute approximate surface area is 100 Å². The van der Waals surface area contributed by atoms with Crippen LogP contribution in [0.5, 0.6) is 0 Å². The minimum absolute atomic E-state index is 0.0408. The van der Waals surface area contributed by atoms with Gasteiger partial charge in [0.15, 0.2) is 0 Å². The van der Waals surface area contributed by atoms with Gasteiger partial charge in [-0.1, -0.05) is 23.2 Å². The van der Waals surface area contributed by atoms with Gasteiger partial charge >= 0.3 is 0 Å². The van der Waals surface area contributed by atoms with Gasteiger partial charge in [-0.05, 0) is 37.1 Å². The molecule has 0 heterocycles. The molecule has 0 radical (unpaired) electrons. The van der Waals surface area contributed by atoms with Crippen molar-refractivity contribution in [2.24, 2.45) is 5.73 Å². The van der Waals surface area contributed by atoms with E-state index in [1.165, 1.54) is 0 Å². The average molecular weight is 248 g/mol. The van der Waals surface area contributed by atoms with Crippen LogP contribution in [0.4, 0.5) is 0 Å². The molecular weight excluding hydrogens is 233 g/mol. The highest BCUT2D eigenvalue weighted by molar-refractivity contribution is 6.33. The predicted molar refractivity (Wildman–Crippen MR) is 64.6 cm³/mol. The fourth-order valence-corrected chi connectivity index (χ4v) is 1.70. The standard InChI is InChI=1S/C11H15Cl2NO/c1-2-15-7-10(14)6-8-5-9(12)3-4-11(8)13/h3-5,10H,2,6-7,14H2,1H3. The zero-order valence-electron chi connectivity index (χ0n) is 8.67. The first-order valence-corrected chi connectivity index (χ1v) is 5.66. The Morgan fingerprint density at radius 3 is 2.80 bits per heavy atom. The summed E-state index contributed by atoms with van der Waals surface area (Å²) in [6.45, 7) is 3.16. The molecule has 0 aromatic heterocycles. The van der Waals surface area contributed by atoms with E-state index in [1.54, 1.807) is 12.1 Å². The van der Waals surface area contributed by atoms with Crippen molar-refractivity contribution in [3.05, 3.63) is 33.8 Å². The van der Waals surface area contributed by atoms with Crippen LogP contribution in [0.3, 0.4) is 0 Å². The molecule has 0 saturated carbocycles. The summed E-state index contributed by atoms with van der Waals surface area (Å²) in [6.07, 6.45) is 0.680. The van der Waals surface area contributed by atoms with Crippen LogP contribution >= 0.6 is 23.2 Å². The van der Waals surface area contributed by atoms with Gasteiger partial charge in [-0.3, -0.25) is 0 Å². The van der Waals surface area contributed by atoms with E-state index in [2.05, 4.69) is 0 Å². The summed E-state index contributed by atoms with van der Waals surface area (Å²) in [5, 5.41) is 1.38. The molecule has 0 amide bonds. The highest BCUT2D eigenvalue weighted by Gasteiger charge is 2.07. The van der Waals surface area contributed by atoms with Gasteiger partial charge in [-0.25, -0.2) is 0 Å². The van der Waals surface area contributed by atoms with Crippen molar-refractivity contribution in [2.75, 3.05) is 13.2 Å². The summed E-state index contributed by atoms with van der Waals surface area (Å²) in [4.78, 5) is 0. The predicted octanol–water partition coefficient (Wildman–Crippen LogP) is 2.90.